The lowest BCUT2D eigenvalue weighted by Crippen LogP contribution is -2.42. The molecular weight excluding hydrogens is 252 g/mol. The topological polar surface area (TPSA) is 52.6 Å². The van der Waals surface area contributed by atoms with Crippen molar-refractivity contribution in [1.82, 2.24) is 10.2 Å². The monoisotopic (exact) mass is 276 g/mol. The predicted molar refractivity (Wildman–Crippen MR) is 80.0 cm³/mol. The fraction of sp³-hybridized carbons (Fsp3) is 0.562. The number of nitrogens with zero attached hydrogens (tertiary/aromatic N) is 1. The van der Waals surface area contributed by atoms with Crippen molar-refractivity contribution in [3.05, 3.63) is 29.3 Å². The third kappa shape index (κ3) is 3.12. The number of hydrogen-bond donors (Lipinski definition) is 2. The number of carbonyl (C=O) groups excluding carboxylic acids is 1. The Labute approximate surface area is 120 Å². The van der Waals surface area contributed by atoms with Crippen LogP contribution in [0.2, 0.25) is 0 Å². The van der Waals surface area contributed by atoms with Gasteiger partial charge in [0.15, 0.2) is 0 Å². The van der Waals surface area contributed by atoms with E-state index in [0.29, 0.717) is 11.6 Å². The largest absolute Gasteiger partial charge is 0.507 e. The number of benzene rings is 1. The molecule has 1 aliphatic carbocycles. The van der Waals surface area contributed by atoms with Gasteiger partial charge in [0.05, 0.1) is 5.56 Å². The molecule has 0 bridgehead atoms. The zero-order chi connectivity index (χ0) is 14.7. The second-order valence-corrected chi connectivity index (χ2v) is 5.73. The van der Waals surface area contributed by atoms with Gasteiger partial charge in [0.2, 0.25) is 0 Å². The van der Waals surface area contributed by atoms with E-state index in [1.54, 1.807) is 17.0 Å². The Morgan fingerprint density at radius 3 is 2.55 bits per heavy atom. The fourth-order valence-electron chi connectivity index (χ4n) is 2.93. The number of aryl methyl sites for hydroxylation is 1. The fourth-order valence-corrected chi connectivity index (χ4v) is 2.93. The minimum atomic E-state index is -0.0842. The lowest BCUT2D eigenvalue weighted by atomic mass is 9.90. The molecule has 4 nitrogen and oxygen atoms in total. The van der Waals surface area contributed by atoms with Gasteiger partial charge in [0.25, 0.3) is 5.91 Å². The number of aromatic hydroxyl groups is 1. The van der Waals surface area contributed by atoms with Gasteiger partial charge < -0.3 is 15.3 Å². The molecule has 1 aromatic rings. The molecule has 0 heterocycles. The van der Waals surface area contributed by atoms with E-state index in [4.69, 9.17) is 0 Å². The minimum Gasteiger partial charge on any atom is -0.507 e. The van der Waals surface area contributed by atoms with Gasteiger partial charge in [0, 0.05) is 19.1 Å². The van der Waals surface area contributed by atoms with Crippen molar-refractivity contribution in [2.75, 3.05) is 14.1 Å². The van der Waals surface area contributed by atoms with Gasteiger partial charge in [-0.15, -0.1) is 0 Å². The van der Waals surface area contributed by atoms with Crippen molar-refractivity contribution in [3.8, 4) is 5.75 Å². The maximum Gasteiger partial charge on any atom is 0.257 e. The first-order chi connectivity index (χ1) is 9.52. The Hall–Kier alpha value is -1.55. The summed E-state index contributed by atoms with van der Waals surface area (Å²) < 4.78 is 0. The molecule has 0 saturated heterocycles. The predicted octanol–water partition coefficient (Wildman–Crippen LogP) is 2.30. The number of amides is 1. The van der Waals surface area contributed by atoms with Gasteiger partial charge in [-0.3, -0.25) is 4.79 Å². The van der Waals surface area contributed by atoms with Crippen LogP contribution >= 0.6 is 0 Å². The second kappa shape index (κ2) is 6.27. The van der Waals surface area contributed by atoms with E-state index in [1.807, 2.05) is 27.1 Å². The number of phenols is 1. The third-order valence-electron chi connectivity index (χ3n) is 4.36. The van der Waals surface area contributed by atoms with Crippen LogP contribution in [0.25, 0.3) is 0 Å². The van der Waals surface area contributed by atoms with E-state index >= 15 is 0 Å². The van der Waals surface area contributed by atoms with Gasteiger partial charge in [0.1, 0.15) is 5.75 Å². The third-order valence-corrected chi connectivity index (χ3v) is 4.36. The standard InChI is InChI=1S/C16H24N2O2/c1-11-4-9-15(19)14(10-11)16(20)18(3)13-7-5-12(17-2)6-8-13/h4,9-10,12-13,17,19H,5-8H2,1-3H3. The molecule has 20 heavy (non-hydrogen) atoms. The summed E-state index contributed by atoms with van der Waals surface area (Å²) in [6.07, 6.45) is 4.22. The molecule has 1 amide bonds. The molecule has 0 atom stereocenters. The summed E-state index contributed by atoms with van der Waals surface area (Å²) in [7, 11) is 3.83. The lowest BCUT2D eigenvalue weighted by molar-refractivity contribution is 0.0682. The smallest absolute Gasteiger partial charge is 0.257 e. The summed E-state index contributed by atoms with van der Waals surface area (Å²) in [5.41, 5.74) is 1.39. The number of hydrogen-bond acceptors (Lipinski definition) is 3. The van der Waals surface area contributed by atoms with Crippen molar-refractivity contribution in [2.45, 2.75) is 44.7 Å². The van der Waals surface area contributed by atoms with E-state index < -0.39 is 0 Å². The van der Waals surface area contributed by atoms with Crippen LogP contribution < -0.4 is 5.32 Å². The second-order valence-electron chi connectivity index (χ2n) is 5.73. The summed E-state index contributed by atoms with van der Waals surface area (Å²) in [6.45, 7) is 1.92. The SMILES string of the molecule is CNC1CCC(N(C)C(=O)c2cc(C)ccc2O)CC1. The molecule has 2 rings (SSSR count). The quantitative estimate of drug-likeness (QED) is 0.890. The average Bonchev–Trinajstić information content (AvgIpc) is 2.48. The highest BCUT2D eigenvalue weighted by atomic mass is 16.3. The first kappa shape index (κ1) is 14.9. The molecule has 110 valence electrons. The van der Waals surface area contributed by atoms with Crippen molar-refractivity contribution in [1.29, 1.82) is 0 Å². The van der Waals surface area contributed by atoms with Crippen molar-refractivity contribution >= 4 is 5.91 Å². The number of phenolic OH excluding ortho intramolecular Hbond substituents is 1. The molecular formula is C16H24N2O2. The van der Waals surface area contributed by atoms with Gasteiger partial charge >= 0.3 is 0 Å². The van der Waals surface area contributed by atoms with Crippen LogP contribution in [-0.2, 0) is 0 Å². The van der Waals surface area contributed by atoms with E-state index in [0.717, 1.165) is 31.2 Å². The number of nitrogens with one attached hydrogen (secondary N) is 1. The zero-order valence-electron chi connectivity index (χ0n) is 12.5. The van der Waals surface area contributed by atoms with E-state index in [9.17, 15) is 9.90 Å². The van der Waals surface area contributed by atoms with Gasteiger partial charge in [-0.05, 0) is 51.8 Å². The Balaban J connectivity index is 2.07. The van der Waals surface area contributed by atoms with E-state index in [2.05, 4.69) is 5.32 Å². The molecule has 0 radical (unpaired) electrons. The maximum atomic E-state index is 12.5. The van der Waals surface area contributed by atoms with Crippen molar-refractivity contribution < 1.29 is 9.90 Å². The first-order valence-electron chi connectivity index (χ1n) is 7.27. The van der Waals surface area contributed by atoms with Crippen LogP contribution in [0.4, 0.5) is 0 Å². The van der Waals surface area contributed by atoms with E-state index in [-0.39, 0.29) is 17.7 Å². The van der Waals surface area contributed by atoms with Crippen LogP contribution in [-0.4, -0.2) is 42.1 Å². The van der Waals surface area contributed by atoms with Gasteiger partial charge in [-0.2, -0.15) is 0 Å². The highest BCUT2D eigenvalue weighted by Gasteiger charge is 2.27. The van der Waals surface area contributed by atoms with Crippen LogP contribution in [0.15, 0.2) is 18.2 Å². The number of carbonyl (C=O) groups is 1. The molecule has 1 aliphatic rings. The van der Waals surface area contributed by atoms with Crippen molar-refractivity contribution in [2.24, 2.45) is 0 Å². The molecule has 0 unspecified atom stereocenters. The molecule has 4 heteroatoms. The average molecular weight is 276 g/mol. The molecule has 0 spiro atoms. The molecule has 1 fully saturated rings. The van der Waals surface area contributed by atoms with Crippen LogP contribution in [0.1, 0.15) is 41.6 Å². The van der Waals surface area contributed by atoms with Crippen LogP contribution in [0, 0.1) is 6.92 Å². The molecule has 0 aromatic heterocycles. The summed E-state index contributed by atoms with van der Waals surface area (Å²) >= 11 is 0. The summed E-state index contributed by atoms with van der Waals surface area (Å²) in [6, 6.07) is 6.00. The molecule has 2 N–H and O–H groups in total. The number of rotatable bonds is 3. The summed E-state index contributed by atoms with van der Waals surface area (Å²) in [5.74, 6) is -0.0181. The Morgan fingerprint density at radius 2 is 1.95 bits per heavy atom. The van der Waals surface area contributed by atoms with Gasteiger partial charge in [-0.1, -0.05) is 11.6 Å². The molecule has 0 aliphatic heterocycles. The highest BCUT2D eigenvalue weighted by molar-refractivity contribution is 5.97. The Kier molecular flexibility index (Phi) is 4.65. The Bertz CT molecular complexity index is 479. The maximum absolute atomic E-state index is 12.5. The Morgan fingerprint density at radius 1 is 1.30 bits per heavy atom. The van der Waals surface area contributed by atoms with Crippen LogP contribution in [0.5, 0.6) is 5.75 Å². The normalized spacial score (nSPS) is 22.6. The zero-order valence-corrected chi connectivity index (χ0v) is 12.5. The van der Waals surface area contributed by atoms with Crippen LogP contribution in [0.3, 0.4) is 0 Å². The summed E-state index contributed by atoms with van der Waals surface area (Å²) in [5, 5.41) is 13.2. The summed E-state index contributed by atoms with van der Waals surface area (Å²) in [4.78, 5) is 14.3. The van der Waals surface area contributed by atoms with E-state index in [1.165, 1.54) is 0 Å². The lowest BCUT2D eigenvalue weighted by Gasteiger charge is -2.34. The minimum absolute atomic E-state index is 0.0661. The molecule has 1 saturated carbocycles. The highest BCUT2D eigenvalue weighted by Crippen LogP contribution is 2.26. The molecule has 1 aromatic carbocycles. The van der Waals surface area contributed by atoms with Crippen molar-refractivity contribution in [3.63, 3.8) is 0 Å². The first-order valence-corrected chi connectivity index (χ1v) is 7.27. The van der Waals surface area contributed by atoms with Gasteiger partial charge in [-0.25, -0.2) is 0 Å².